The van der Waals surface area contributed by atoms with Gasteiger partial charge in [0.25, 0.3) is 0 Å². The van der Waals surface area contributed by atoms with E-state index in [4.69, 9.17) is 18.8 Å². The Balaban J connectivity index is 0. The van der Waals surface area contributed by atoms with E-state index in [1.165, 1.54) is 6.42 Å². The molecular formula is C62H100Fe2N11O2Si4. The number of pyridine rings is 6. The maximum atomic E-state index is 4.83. The minimum Gasteiger partial charge on any atom is -0.668 e. The summed E-state index contributed by atoms with van der Waals surface area (Å²) in [6.45, 7) is 51.1. The van der Waals surface area contributed by atoms with Gasteiger partial charge in [0, 0.05) is 83.0 Å². The molecular weight excluding hydrogens is 1150 g/mol. The molecule has 7 heterocycles. The van der Waals surface area contributed by atoms with E-state index in [1.54, 1.807) is 6.21 Å². The summed E-state index contributed by atoms with van der Waals surface area (Å²) < 4.78 is 19.3. The molecule has 0 amide bonds. The number of ether oxygens (including phenoxy) is 2. The summed E-state index contributed by atoms with van der Waals surface area (Å²) in [6, 6.07) is 35.9. The van der Waals surface area contributed by atoms with Crippen molar-refractivity contribution in [3.63, 3.8) is 0 Å². The number of aromatic nitrogens is 6. The molecule has 0 spiro atoms. The quantitative estimate of drug-likeness (QED) is 0.0495. The largest absolute Gasteiger partial charge is 3.00 e. The topological polar surface area (TPSA) is 165 Å². The SMILES string of the molecule is CCOCC.C[Si](C)(C)[N-][Si](C)(C)C.C[Si](C)(C)[N-][Si](C)(C)C.Cc1cccc(C=NCc2cccc(C)n2)n1.Cc1cccc(C[N-]Cc2cccc(C)n2)n1.Cc1cccc(C[N-]Cc2cccc(C)n2)n1.[CH-]1CCCO1.[Fe+2].[Fe+3]. The second kappa shape index (κ2) is 43.8. The number of aryl methyl sites for hydroxylation is 6. The van der Waals surface area contributed by atoms with Crippen LogP contribution in [-0.4, -0.2) is 88.9 Å². The van der Waals surface area contributed by atoms with Crippen LogP contribution < -0.4 is 0 Å². The van der Waals surface area contributed by atoms with E-state index in [2.05, 4.69) is 124 Å². The van der Waals surface area contributed by atoms with E-state index in [0.717, 1.165) is 94.6 Å². The Kier molecular flexibility index (Phi) is 42.9. The van der Waals surface area contributed by atoms with Gasteiger partial charge >= 0.3 is 34.1 Å². The Morgan fingerprint density at radius 2 is 0.765 bits per heavy atom. The van der Waals surface area contributed by atoms with Crippen molar-refractivity contribution in [2.24, 2.45) is 4.99 Å². The molecule has 0 aromatic carbocycles. The first-order valence-corrected chi connectivity index (χ1v) is 41.7. The molecule has 19 heteroatoms. The average molecular weight is 1260 g/mol. The first kappa shape index (κ1) is 79.3. The van der Waals surface area contributed by atoms with Crippen LogP contribution in [0.2, 0.25) is 78.6 Å². The average Bonchev–Trinajstić information content (AvgIpc) is 3.92. The molecule has 13 nitrogen and oxygen atoms in total. The van der Waals surface area contributed by atoms with Gasteiger partial charge in [0.15, 0.2) is 0 Å². The fraction of sp³-hybridized carbons (Fsp3) is 0.484. The van der Waals surface area contributed by atoms with Crippen LogP contribution in [0.1, 0.15) is 95.0 Å². The molecule has 1 aliphatic heterocycles. The summed E-state index contributed by atoms with van der Waals surface area (Å²) in [5.41, 5.74) is 12.1. The van der Waals surface area contributed by atoms with Gasteiger partial charge in [-0.3, -0.25) is 34.9 Å². The molecule has 6 aromatic rings. The van der Waals surface area contributed by atoms with Crippen LogP contribution in [-0.2, 0) is 76.3 Å². The molecule has 1 saturated heterocycles. The zero-order valence-electron chi connectivity index (χ0n) is 53.1. The molecule has 0 atom stereocenters. The van der Waals surface area contributed by atoms with Crippen molar-refractivity contribution < 1.29 is 43.6 Å². The van der Waals surface area contributed by atoms with Crippen molar-refractivity contribution in [2.75, 3.05) is 19.8 Å². The summed E-state index contributed by atoms with van der Waals surface area (Å²) in [6.07, 6.45) is 4.16. The molecule has 447 valence electrons. The van der Waals surface area contributed by atoms with Crippen LogP contribution >= 0.6 is 0 Å². The Bertz CT molecular complexity index is 2340. The molecule has 0 N–H and O–H groups in total. The monoisotopic (exact) mass is 1250 g/mol. The molecule has 1 radical (unpaired) electrons. The second-order valence-corrected chi connectivity index (χ2v) is 42.1. The minimum atomic E-state index is -1.11. The molecule has 1 fully saturated rings. The molecule has 0 bridgehead atoms. The maximum absolute atomic E-state index is 4.83. The van der Waals surface area contributed by atoms with Crippen LogP contribution in [0.25, 0.3) is 19.9 Å². The van der Waals surface area contributed by atoms with Crippen molar-refractivity contribution in [2.45, 2.75) is 180 Å². The molecule has 1 aliphatic rings. The molecule has 6 aromatic heterocycles. The number of aliphatic imine (C=N–C) groups is 1. The van der Waals surface area contributed by atoms with Crippen molar-refractivity contribution in [3.8, 4) is 0 Å². The normalized spacial score (nSPS) is 11.8. The van der Waals surface area contributed by atoms with Gasteiger partial charge in [0.2, 0.25) is 0 Å². The Morgan fingerprint density at radius 1 is 0.469 bits per heavy atom. The predicted molar refractivity (Wildman–Crippen MR) is 348 cm³/mol. The Hall–Kier alpha value is -3.76. The van der Waals surface area contributed by atoms with E-state index in [0.29, 0.717) is 32.7 Å². The van der Waals surface area contributed by atoms with Gasteiger partial charge in [-0.25, -0.2) is 6.61 Å². The number of nitrogens with zero attached hydrogens (tertiary/aromatic N) is 11. The Labute approximate surface area is 517 Å². The van der Waals surface area contributed by atoms with Crippen molar-refractivity contribution in [1.29, 1.82) is 0 Å². The van der Waals surface area contributed by atoms with Gasteiger partial charge in [-0.05, 0) is 128 Å². The van der Waals surface area contributed by atoms with Gasteiger partial charge < -0.3 is 29.4 Å². The van der Waals surface area contributed by atoms with Gasteiger partial charge in [-0.2, -0.15) is 6.42 Å². The molecule has 0 unspecified atom stereocenters. The van der Waals surface area contributed by atoms with E-state index in [-0.39, 0.29) is 34.1 Å². The van der Waals surface area contributed by atoms with E-state index >= 15 is 0 Å². The van der Waals surface area contributed by atoms with Crippen LogP contribution in [0.5, 0.6) is 0 Å². The molecule has 7 rings (SSSR count). The number of hydrogen-bond donors (Lipinski definition) is 0. The zero-order chi connectivity index (χ0) is 59.3. The predicted octanol–water partition coefficient (Wildman–Crippen LogP) is 17.1. The maximum Gasteiger partial charge on any atom is 3.00 e. The summed E-state index contributed by atoms with van der Waals surface area (Å²) in [7, 11) is -4.42. The van der Waals surface area contributed by atoms with Gasteiger partial charge in [-0.1, -0.05) is 154 Å². The first-order chi connectivity index (χ1) is 37.0. The smallest absolute Gasteiger partial charge is 0.668 e. The molecule has 0 saturated carbocycles. The van der Waals surface area contributed by atoms with E-state index < -0.39 is 32.9 Å². The third-order valence-electron chi connectivity index (χ3n) is 9.66. The zero-order valence-corrected chi connectivity index (χ0v) is 59.3. The third-order valence-corrected chi connectivity index (χ3v) is 20.4. The summed E-state index contributed by atoms with van der Waals surface area (Å²) >= 11 is 0. The van der Waals surface area contributed by atoms with Crippen molar-refractivity contribution in [3.05, 3.63) is 204 Å². The van der Waals surface area contributed by atoms with E-state index in [1.807, 2.05) is 171 Å². The van der Waals surface area contributed by atoms with Crippen LogP contribution in [0.4, 0.5) is 0 Å². The Morgan fingerprint density at radius 3 is 0.988 bits per heavy atom. The van der Waals surface area contributed by atoms with E-state index in [9.17, 15) is 0 Å². The number of rotatable bonds is 17. The summed E-state index contributed by atoms with van der Waals surface area (Å²) in [5.74, 6) is 0. The molecule has 81 heavy (non-hydrogen) atoms. The van der Waals surface area contributed by atoms with Crippen molar-refractivity contribution >= 4 is 39.2 Å². The fourth-order valence-corrected chi connectivity index (χ4v) is 23.6. The fourth-order valence-electron chi connectivity index (χ4n) is 7.51. The van der Waals surface area contributed by atoms with Gasteiger partial charge in [-0.15, -0.1) is 26.2 Å². The van der Waals surface area contributed by atoms with Crippen LogP contribution in [0, 0.1) is 48.1 Å². The van der Waals surface area contributed by atoms with Gasteiger partial charge in [0.05, 0.1) is 17.9 Å². The number of hydrogen-bond acceptors (Lipinski definition) is 9. The first-order valence-electron chi connectivity index (χ1n) is 27.9. The molecule has 0 aliphatic carbocycles. The van der Waals surface area contributed by atoms with Crippen LogP contribution in [0.15, 0.2) is 114 Å². The second-order valence-electron chi connectivity index (χ2n) is 23.0. The van der Waals surface area contributed by atoms with Crippen molar-refractivity contribution in [1.82, 2.24) is 29.9 Å². The minimum absolute atomic E-state index is 0. The summed E-state index contributed by atoms with van der Waals surface area (Å²) in [4.78, 5) is 30.7. The standard InChI is InChI=1S/2C14H16N3.C14H15N3.2C6H18NSi2.C4H7O.C4H10O.2Fe/c3*1-11-5-3-7-13(16-11)9-15-10-14-8-4-6-12(2)17-14;2*1-8(2,3)7-9(4,5)6;1-2-4-5-3-1;1-3-5-4-2;;/h2*3-8H,9-10H2,1-2H3;3-9H,10H2,1-2H3;2*1-6H3;3H,1-2,4H2;3-4H2,1-2H3;;/q2*-1;;3*-1;;+2;+3. The third kappa shape index (κ3) is 48.3. The van der Waals surface area contributed by atoms with Gasteiger partial charge in [0.1, 0.15) is 0 Å². The summed E-state index contributed by atoms with van der Waals surface area (Å²) in [5, 5.41) is 8.94. The van der Waals surface area contributed by atoms with Crippen LogP contribution in [0.3, 0.4) is 0 Å².